The standard InChI is InChI=1S/C16H28N4O2/c1-9(2)14-7-20(19-18-14)8-15-10(3)11(4)16(12(5)22-15)17-13(6)21/h7,9-12,15-16H,8H2,1-6H3,(H,17,21). The Morgan fingerprint density at radius 2 is 2.05 bits per heavy atom. The number of ether oxygens (including phenoxy) is 1. The average molecular weight is 308 g/mol. The van der Waals surface area contributed by atoms with Crippen molar-refractivity contribution in [1.29, 1.82) is 0 Å². The molecular formula is C16H28N4O2. The monoisotopic (exact) mass is 308 g/mol. The summed E-state index contributed by atoms with van der Waals surface area (Å²) < 4.78 is 8.02. The lowest BCUT2D eigenvalue weighted by Gasteiger charge is -2.44. The summed E-state index contributed by atoms with van der Waals surface area (Å²) in [5, 5.41) is 11.4. The lowest BCUT2D eigenvalue weighted by molar-refractivity contribution is -0.135. The van der Waals surface area contributed by atoms with Gasteiger partial charge in [-0.05, 0) is 24.7 Å². The second-order valence-corrected chi connectivity index (χ2v) is 6.84. The molecule has 0 bridgehead atoms. The molecule has 1 fully saturated rings. The summed E-state index contributed by atoms with van der Waals surface area (Å²) >= 11 is 0. The summed E-state index contributed by atoms with van der Waals surface area (Å²) in [6, 6.07) is 0.0609. The van der Waals surface area contributed by atoms with E-state index in [1.807, 2.05) is 17.8 Å². The molecule has 1 N–H and O–H groups in total. The zero-order chi connectivity index (χ0) is 16.4. The van der Waals surface area contributed by atoms with E-state index in [1.165, 1.54) is 0 Å². The molecule has 1 amide bonds. The molecule has 6 heteroatoms. The fourth-order valence-corrected chi connectivity index (χ4v) is 3.12. The van der Waals surface area contributed by atoms with E-state index in [0.29, 0.717) is 24.3 Å². The van der Waals surface area contributed by atoms with Crippen LogP contribution in [0.1, 0.15) is 53.2 Å². The number of nitrogens with one attached hydrogen (secondary N) is 1. The molecule has 6 nitrogen and oxygen atoms in total. The van der Waals surface area contributed by atoms with Gasteiger partial charge in [0.05, 0.1) is 30.5 Å². The maximum absolute atomic E-state index is 11.4. The minimum Gasteiger partial charge on any atom is -0.371 e. The molecule has 0 aliphatic carbocycles. The van der Waals surface area contributed by atoms with E-state index in [1.54, 1.807) is 6.92 Å². The Labute approximate surface area is 132 Å². The molecule has 1 aromatic heterocycles. The molecule has 1 aliphatic rings. The van der Waals surface area contributed by atoms with Crippen LogP contribution in [0.25, 0.3) is 0 Å². The van der Waals surface area contributed by atoms with E-state index in [-0.39, 0.29) is 24.2 Å². The van der Waals surface area contributed by atoms with Crippen LogP contribution in [0, 0.1) is 11.8 Å². The molecule has 2 rings (SSSR count). The van der Waals surface area contributed by atoms with Gasteiger partial charge < -0.3 is 10.1 Å². The van der Waals surface area contributed by atoms with E-state index < -0.39 is 0 Å². The second-order valence-electron chi connectivity index (χ2n) is 6.84. The molecule has 1 saturated heterocycles. The zero-order valence-electron chi connectivity index (χ0n) is 14.4. The zero-order valence-corrected chi connectivity index (χ0v) is 14.4. The van der Waals surface area contributed by atoms with E-state index in [9.17, 15) is 4.79 Å². The van der Waals surface area contributed by atoms with Crippen LogP contribution in [0.4, 0.5) is 0 Å². The highest BCUT2D eigenvalue weighted by Crippen LogP contribution is 2.31. The van der Waals surface area contributed by atoms with E-state index in [4.69, 9.17) is 4.74 Å². The van der Waals surface area contributed by atoms with Crippen LogP contribution in [0.2, 0.25) is 0 Å². The Balaban J connectivity index is 2.05. The topological polar surface area (TPSA) is 69.0 Å². The minimum absolute atomic E-state index is 0.00389. The highest BCUT2D eigenvalue weighted by atomic mass is 16.5. The molecule has 0 spiro atoms. The molecule has 5 unspecified atom stereocenters. The molecule has 5 atom stereocenters. The molecule has 2 heterocycles. The first-order valence-corrected chi connectivity index (χ1v) is 8.12. The van der Waals surface area contributed by atoms with Gasteiger partial charge in [-0.1, -0.05) is 32.9 Å². The van der Waals surface area contributed by atoms with Crippen molar-refractivity contribution in [3.05, 3.63) is 11.9 Å². The Kier molecular flexibility index (Phi) is 5.21. The molecule has 0 saturated carbocycles. The van der Waals surface area contributed by atoms with Crippen molar-refractivity contribution in [2.75, 3.05) is 0 Å². The van der Waals surface area contributed by atoms with Crippen LogP contribution < -0.4 is 5.32 Å². The lowest BCUT2D eigenvalue weighted by Crippen LogP contribution is -2.56. The smallest absolute Gasteiger partial charge is 0.217 e. The molecule has 0 aromatic carbocycles. The van der Waals surface area contributed by atoms with Gasteiger partial charge in [-0.2, -0.15) is 0 Å². The van der Waals surface area contributed by atoms with Crippen LogP contribution >= 0.6 is 0 Å². The Morgan fingerprint density at radius 3 is 2.59 bits per heavy atom. The van der Waals surface area contributed by atoms with Crippen LogP contribution in [0.3, 0.4) is 0 Å². The van der Waals surface area contributed by atoms with Crippen molar-refractivity contribution >= 4 is 5.91 Å². The Morgan fingerprint density at radius 1 is 1.36 bits per heavy atom. The number of hydrogen-bond donors (Lipinski definition) is 1. The second kappa shape index (κ2) is 6.77. The molecule has 1 aromatic rings. The van der Waals surface area contributed by atoms with E-state index in [2.05, 4.69) is 43.3 Å². The normalized spacial score (nSPS) is 32.2. The van der Waals surface area contributed by atoms with Crippen molar-refractivity contribution in [2.45, 2.75) is 72.3 Å². The summed E-state index contributed by atoms with van der Waals surface area (Å²) in [4.78, 5) is 11.4. The Hall–Kier alpha value is -1.43. The fraction of sp³-hybridized carbons (Fsp3) is 0.812. The highest BCUT2D eigenvalue weighted by Gasteiger charge is 2.39. The van der Waals surface area contributed by atoms with Gasteiger partial charge in [-0.15, -0.1) is 5.10 Å². The molecular weight excluding hydrogens is 280 g/mol. The first-order valence-electron chi connectivity index (χ1n) is 8.12. The average Bonchev–Trinajstić information content (AvgIpc) is 2.89. The van der Waals surface area contributed by atoms with E-state index in [0.717, 1.165) is 5.69 Å². The molecule has 1 aliphatic heterocycles. The van der Waals surface area contributed by atoms with Crippen molar-refractivity contribution in [3.8, 4) is 0 Å². The third-order valence-corrected chi connectivity index (χ3v) is 4.76. The van der Waals surface area contributed by atoms with Crippen LogP contribution in [0.15, 0.2) is 6.20 Å². The van der Waals surface area contributed by atoms with Gasteiger partial charge in [0.1, 0.15) is 0 Å². The lowest BCUT2D eigenvalue weighted by atomic mass is 9.80. The number of rotatable bonds is 4. The molecule has 0 radical (unpaired) electrons. The van der Waals surface area contributed by atoms with Gasteiger partial charge in [0.2, 0.25) is 5.91 Å². The van der Waals surface area contributed by atoms with Crippen molar-refractivity contribution in [3.63, 3.8) is 0 Å². The number of aromatic nitrogens is 3. The Bertz CT molecular complexity index is 514. The molecule has 124 valence electrons. The largest absolute Gasteiger partial charge is 0.371 e. The maximum atomic E-state index is 11.4. The number of hydrogen-bond acceptors (Lipinski definition) is 4. The van der Waals surface area contributed by atoms with Gasteiger partial charge >= 0.3 is 0 Å². The van der Waals surface area contributed by atoms with E-state index >= 15 is 0 Å². The van der Waals surface area contributed by atoms with Crippen molar-refractivity contribution < 1.29 is 9.53 Å². The van der Waals surface area contributed by atoms with Gasteiger partial charge in [0, 0.05) is 13.1 Å². The number of nitrogens with zero attached hydrogens (tertiary/aromatic N) is 3. The third kappa shape index (κ3) is 3.66. The maximum Gasteiger partial charge on any atom is 0.217 e. The van der Waals surface area contributed by atoms with Gasteiger partial charge in [0.25, 0.3) is 0 Å². The van der Waals surface area contributed by atoms with Crippen LogP contribution in [0.5, 0.6) is 0 Å². The molecule has 22 heavy (non-hydrogen) atoms. The minimum atomic E-state index is -0.00631. The highest BCUT2D eigenvalue weighted by molar-refractivity contribution is 5.73. The van der Waals surface area contributed by atoms with Gasteiger partial charge in [-0.3, -0.25) is 4.79 Å². The summed E-state index contributed by atoms with van der Waals surface area (Å²) in [6.45, 7) is 12.8. The summed E-state index contributed by atoms with van der Waals surface area (Å²) in [5.41, 5.74) is 1.00. The predicted molar refractivity (Wildman–Crippen MR) is 84.4 cm³/mol. The summed E-state index contributed by atoms with van der Waals surface area (Å²) in [5.74, 6) is 1.06. The fourth-order valence-electron chi connectivity index (χ4n) is 3.12. The van der Waals surface area contributed by atoms with Gasteiger partial charge in [-0.25, -0.2) is 4.68 Å². The van der Waals surface area contributed by atoms with Gasteiger partial charge in [0.15, 0.2) is 0 Å². The number of carbonyl (C=O) groups excluding carboxylic acids is 1. The summed E-state index contributed by atoms with van der Waals surface area (Å²) in [7, 11) is 0. The quantitative estimate of drug-likeness (QED) is 0.923. The first-order chi connectivity index (χ1) is 10.3. The number of carbonyl (C=O) groups is 1. The third-order valence-electron chi connectivity index (χ3n) is 4.76. The van der Waals surface area contributed by atoms with Crippen molar-refractivity contribution in [2.24, 2.45) is 11.8 Å². The SMILES string of the molecule is CC(=O)NC1C(C)OC(Cn2cc(C(C)C)nn2)C(C)C1C. The van der Waals surface area contributed by atoms with Crippen LogP contribution in [-0.2, 0) is 16.1 Å². The van der Waals surface area contributed by atoms with Crippen LogP contribution in [-0.4, -0.2) is 39.2 Å². The predicted octanol–water partition coefficient (Wildman–Crippen LogP) is 1.97. The summed E-state index contributed by atoms with van der Waals surface area (Å²) in [6.07, 6.45) is 2.07. The number of amides is 1. The van der Waals surface area contributed by atoms with Crippen molar-refractivity contribution in [1.82, 2.24) is 20.3 Å². The first kappa shape index (κ1) is 16.9.